The molecule has 6 rings (SSSR count). The smallest absolute Gasteiger partial charge is 0.196 e. The summed E-state index contributed by atoms with van der Waals surface area (Å²) >= 11 is 0. The summed E-state index contributed by atoms with van der Waals surface area (Å²) in [7, 11) is 0. The number of benzene rings is 1. The van der Waals surface area contributed by atoms with Crippen molar-refractivity contribution in [3.05, 3.63) is 41.0 Å². The van der Waals surface area contributed by atoms with E-state index >= 15 is 0 Å². The summed E-state index contributed by atoms with van der Waals surface area (Å²) in [6.45, 7) is 7.75. The summed E-state index contributed by atoms with van der Waals surface area (Å²) < 4.78 is 34.2. The van der Waals surface area contributed by atoms with E-state index in [0.717, 1.165) is 30.6 Å². The molecule has 1 aromatic carbocycles. The third-order valence-corrected chi connectivity index (χ3v) is 8.79. The second-order valence-electron chi connectivity index (χ2n) is 10.4. The number of ether oxygens (including phenoxy) is 6. The van der Waals surface area contributed by atoms with Crippen molar-refractivity contribution in [1.82, 2.24) is 0 Å². The zero-order valence-corrected chi connectivity index (χ0v) is 32.9. The molecule has 3 aliphatic carbocycles. The van der Waals surface area contributed by atoms with Gasteiger partial charge in [0.05, 0.1) is 6.10 Å². The van der Waals surface area contributed by atoms with Crippen LogP contribution in [0.15, 0.2) is 24.3 Å². The van der Waals surface area contributed by atoms with E-state index in [1.165, 1.54) is 37.0 Å². The third kappa shape index (κ3) is 5.74. The van der Waals surface area contributed by atoms with Gasteiger partial charge in [-0.1, -0.05) is 50.1 Å². The first-order chi connectivity index (χ1) is 17.5. The maximum Gasteiger partial charge on any atom is 0.196 e. The molecule has 2 bridgehead atoms. The molecular weight excluding hydrogens is 891 g/mol. The van der Waals surface area contributed by atoms with Gasteiger partial charge in [0, 0.05) is 135 Å². The van der Waals surface area contributed by atoms with Gasteiger partial charge in [-0.15, -0.1) is 0 Å². The average molecular weight is 918 g/mol. The van der Waals surface area contributed by atoms with Crippen LogP contribution < -0.4 is 4.74 Å². The summed E-state index contributed by atoms with van der Waals surface area (Å²) in [4.78, 5) is 33.3. The minimum atomic E-state index is -1.24. The maximum absolute atomic E-state index is 11.2. The van der Waals surface area contributed by atoms with Crippen LogP contribution in [0.5, 0.6) is 5.75 Å². The Kier molecular flexibility index (Phi) is 12.7. The molecule has 2 aliphatic heterocycles. The Balaban J connectivity index is 0.00000140. The number of aryl methyl sites for hydroxylation is 1. The van der Waals surface area contributed by atoms with Gasteiger partial charge in [0.1, 0.15) is 30.2 Å². The fourth-order valence-electron chi connectivity index (χ4n) is 7.45. The van der Waals surface area contributed by atoms with Crippen LogP contribution in [0.1, 0.15) is 42.9 Å². The Hall–Kier alpha value is 1.18. The average Bonchev–Trinajstić information content (AvgIpc) is 3.21. The first kappa shape index (κ1) is 34.7. The van der Waals surface area contributed by atoms with Gasteiger partial charge in [0.25, 0.3) is 0 Å². The van der Waals surface area contributed by atoms with Gasteiger partial charge >= 0.3 is 0 Å². The van der Waals surface area contributed by atoms with Crippen molar-refractivity contribution < 1.29 is 167 Å². The normalized spacial score (nSPS) is 38.3. The minimum absolute atomic E-state index is 0. The zero-order chi connectivity index (χ0) is 25.0. The van der Waals surface area contributed by atoms with Gasteiger partial charge in [-0.05, 0) is 56.1 Å². The zero-order valence-electron chi connectivity index (χ0n) is 21.7. The molecular formula is C27H27O9Pr3-3. The van der Waals surface area contributed by atoms with Crippen LogP contribution in [-0.4, -0.2) is 62.3 Å². The maximum atomic E-state index is 11.2. The monoisotopic (exact) mass is 918 g/mol. The van der Waals surface area contributed by atoms with Gasteiger partial charge in [-0.2, -0.15) is 0 Å². The van der Waals surface area contributed by atoms with Gasteiger partial charge < -0.3 is 42.8 Å². The molecule has 1 spiro atoms. The summed E-state index contributed by atoms with van der Waals surface area (Å²) in [6, 6.07) is 4.36. The SMILES string of the molecule is Cc1ccc2c3c1O[C@H]1[C@@H](O[C@@H]4O[C@H](C)[C@@H](O[C-]=O)[C@H](O[C-]=O)[C@H]4O[C-]=O)C=CC4[C@H](CCC[C@@]341)C2.[Pr].[Pr].[Pr]. The van der Waals surface area contributed by atoms with E-state index in [-0.39, 0.29) is 135 Å². The number of rotatable bonds is 8. The number of allylic oxidation sites excluding steroid dienone is 1. The molecule has 0 aromatic heterocycles. The van der Waals surface area contributed by atoms with E-state index in [1.54, 1.807) is 6.92 Å². The second kappa shape index (κ2) is 14.3. The minimum Gasteiger partial charge on any atom is -0.646 e. The Labute approximate surface area is 327 Å². The second-order valence-corrected chi connectivity index (χ2v) is 10.4. The first-order valence-electron chi connectivity index (χ1n) is 12.4. The molecule has 39 heavy (non-hydrogen) atoms. The Morgan fingerprint density at radius 3 is 2.36 bits per heavy atom. The van der Waals surface area contributed by atoms with Gasteiger partial charge in [-0.25, -0.2) is 0 Å². The van der Waals surface area contributed by atoms with Gasteiger partial charge in [0.2, 0.25) is 0 Å². The van der Waals surface area contributed by atoms with Crippen molar-refractivity contribution in [2.45, 2.75) is 87.9 Å². The van der Waals surface area contributed by atoms with E-state index in [2.05, 4.69) is 25.1 Å². The van der Waals surface area contributed by atoms with Gasteiger partial charge in [-0.3, -0.25) is 0 Å². The number of hydrogen-bond donors (Lipinski definition) is 0. The molecule has 0 amide bonds. The van der Waals surface area contributed by atoms with Crippen molar-refractivity contribution in [2.75, 3.05) is 0 Å². The Bertz CT molecular complexity index is 1100. The van der Waals surface area contributed by atoms with Crippen LogP contribution >= 0.6 is 0 Å². The molecule has 2 heterocycles. The van der Waals surface area contributed by atoms with Crippen molar-refractivity contribution in [2.24, 2.45) is 11.8 Å². The predicted molar refractivity (Wildman–Crippen MR) is 122 cm³/mol. The quantitative estimate of drug-likeness (QED) is 0.220. The topological polar surface area (TPSA) is 107 Å². The molecule has 12 heteroatoms. The number of hydrogen-bond acceptors (Lipinski definition) is 9. The molecule has 5 aliphatic rings. The molecule has 1 aromatic rings. The molecule has 3 radical (unpaired) electrons. The third-order valence-electron chi connectivity index (χ3n) is 8.79. The van der Waals surface area contributed by atoms with Crippen molar-refractivity contribution in [3.63, 3.8) is 0 Å². The standard InChI is InChI=1S/C27H27O9.3Pr/c1-14-5-6-17-10-16-4-3-9-27-18(16)7-8-19(25(27)36-21(14)20(17)27)35-26-24(33-13-30)23(32-12-29)22(31-11-28)15(2)34-26;;;/h5-8,15-16,18-19,22-26H,3-4,9-10H2,1-2H3;;;/q-3;;;/t15-,16-,18?,19+,22-,23+,24-,25+,26+,27+;;;/m1.../s1. The predicted octanol–water partition coefficient (Wildman–Crippen LogP) is 2.02. The van der Waals surface area contributed by atoms with Crippen LogP contribution in [0.25, 0.3) is 0 Å². The Morgan fingerprint density at radius 2 is 1.64 bits per heavy atom. The Morgan fingerprint density at radius 1 is 0.949 bits per heavy atom. The molecule has 0 N–H and O–H groups in total. The van der Waals surface area contributed by atoms with Crippen LogP contribution in [-0.2, 0) is 49.9 Å². The molecule has 1 saturated heterocycles. The molecule has 201 valence electrons. The van der Waals surface area contributed by atoms with E-state index < -0.39 is 36.8 Å². The summed E-state index contributed by atoms with van der Waals surface area (Å²) in [5.41, 5.74) is 3.56. The van der Waals surface area contributed by atoms with Crippen molar-refractivity contribution >= 4 is 19.4 Å². The van der Waals surface area contributed by atoms with Crippen LogP contribution in [0.4, 0.5) is 0 Å². The van der Waals surface area contributed by atoms with Gasteiger partial charge in [0.15, 0.2) is 12.4 Å². The van der Waals surface area contributed by atoms with Crippen LogP contribution in [0.3, 0.4) is 0 Å². The van der Waals surface area contributed by atoms with E-state index in [0.29, 0.717) is 11.8 Å². The molecule has 1 saturated carbocycles. The summed E-state index contributed by atoms with van der Waals surface area (Å²) in [6.07, 6.45) is 2.39. The largest absolute Gasteiger partial charge is 0.646 e. The van der Waals surface area contributed by atoms with Crippen LogP contribution in [0.2, 0.25) is 0 Å². The molecule has 2 fully saturated rings. The van der Waals surface area contributed by atoms with Crippen molar-refractivity contribution in [1.29, 1.82) is 0 Å². The molecule has 10 atom stereocenters. The van der Waals surface area contributed by atoms with E-state index in [1.807, 2.05) is 6.08 Å². The van der Waals surface area contributed by atoms with Crippen LogP contribution in [0, 0.1) is 143 Å². The first-order valence-corrected chi connectivity index (χ1v) is 12.4. The van der Waals surface area contributed by atoms with Crippen molar-refractivity contribution in [3.8, 4) is 5.75 Å². The van der Waals surface area contributed by atoms with E-state index in [4.69, 9.17) is 28.4 Å². The summed E-state index contributed by atoms with van der Waals surface area (Å²) in [5, 5.41) is 0. The molecule has 1 unspecified atom stereocenters. The number of carbonyl (C=O) groups excluding carboxylic acids is 3. The molecule has 9 nitrogen and oxygen atoms in total. The fourth-order valence-corrected chi connectivity index (χ4v) is 7.45. The fraction of sp³-hybridized carbons (Fsp3) is 0.593. The summed E-state index contributed by atoms with van der Waals surface area (Å²) in [5.74, 6) is 1.85. The van der Waals surface area contributed by atoms with E-state index in [9.17, 15) is 14.4 Å².